The molecule has 0 radical (unpaired) electrons. The molecular weight excluding hydrogens is 498 g/mol. The quantitative estimate of drug-likeness (QED) is 0.219. The summed E-state index contributed by atoms with van der Waals surface area (Å²) >= 11 is 0. The average Bonchev–Trinajstić information content (AvgIpc) is 3.62. The summed E-state index contributed by atoms with van der Waals surface area (Å²) in [5.41, 5.74) is 13.1. The molecule has 2 nitrogen and oxygen atoms in total. The second-order valence-corrected chi connectivity index (χ2v) is 11.8. The summed E-state index contributed by atoms with van der Waals surface area (Å²) < 4.78 is 9.02. The zero-order chi connectivity index (χ0) is 27.3. The van der Waals surface area contributed by atoms with E-state index in [1.165, 1.54) is 55.2 Å². The molecule has 0 spiro atoms. The lowest BCUT2D eigenvalue weighted by atomic mass is 9.82. The maximum Gasteiger partial charge on any atom is 0.159 e. The molecule has 41 heavy (non-hydrogen) atoms. The van der Waals surface area contributed by atoms with E-state index >= 15 is 0 Å². The van der Waals surface area contributed by atoms with Crippen molar-refractivity contribution in [3.05, 3.63) is 139 Å². The van der Waals surface area contributed by atoms with Crippen molar-refractivity contribution in [3.63, 3.8) is 0 Å². The molecular formula is C39H27NO. The first-order valence-corrected chi connectivity index (χ1v) is 14.3. The largest absolute Gasteiger partial charge is 0.454 e. The highest BCUT2D eigenvalue weighted by atomic mass is 16.3. The van der Waals surface area contributed by atoms with E-state index in [2.05, 4.69) is 140 Å². The molecule has 2 aromatic heterocycles. The van der Waals surface area contributed by atoms with Gasteiger partial charge in [0.2, 0.25) is 0 Å². The van der Waals surface area contributed by atoms with E-state index in [1.54, 1.807) is 0 Å². The molecule has 2 heterocycles. The third-order valence-electron chi connectivity index (χ3n) is 9.20. The Morgan fingerprint density at radius 1 is 0.512 bits per heavy atom. The monoisotopic (exact) mass is 525 g/mol. The van der Waals surface area contributed by atoms with Crippen LogP contribution in [0, 0.1) is 0 Å². The van der Waals surface area contributed by atoms with Gasteiger partial charge in [0.05, 0.1) is 16.7 Å². The fourth-order valence-electron chi connectivity index (χ4n) is 7.19. The molecule has 6 aromatic carbocycles. The molecule has 2 heteroatoms. The van der Waals surface area contributed by atoms with E-state index in [-0.39, 0.29) is 5.41 Å². The van der Waals surface area contributed by atoms with Crippen LogP contribution in [0.1, 0.15) is 25.0 Å². The Morgan fingerprint density at radius 3 is 2.17 bits per heavy atom. The summed E-state index contributed by atoms with van der Waals surface area (Å²) in [5.74, 6) is 0. The number of furan rings is 1. The summed E-state index contributed by atoms with van der Waals surface area (Å²) in [6.07, 6.45) is 0. The van der Waals surface area contributed by atoms with Crippen molar-refractivity contribution in [3.8, 4) is 27.9 Å². The minimum Gasteiger partial charge on any atom is -0.454 e. The van der Waals surface area contributed by atoms with Gasteiger partial charge < -0.3 is 8.98 Å². The number of rotatable bonds is 2. The van der Waals surface area contributed by atoms with Gasteiger partial charge in [0.15, 0.2) is 5.58 Å². The molecule has 0 amide bonds. The zero-order valence-corrected chi connectivity index (χ0v) is 23.0. The first-order valence-electron chi connectivity index (χ1n) is 14.3. The highest BCUT2D eigenvalue weighted by Crippen LogP contribution is 2.51. The van der Waals surface area contributed by atoms with Crippen LogP contribution in [0.5, 0.6) is 0 Å². The predicted molar refractivity (Wildman–Crippen MR) is 171 cm³/mol. The fraction of sp³-hybridized carbons (Fsp3) is 0.0769. The number of benzene rings is 6. The third-order valence-corrected chi connectivity index (χ3v) is 9.20. The van der Waals surface area contributed by atoms with Crippen LogP contribution in [0.3, 0.4) is 0 Å². The molecule has 8 aromatic rings. The maximum absolute atomic E-state index is 6.58. The van der Waals surface area contributed by atoms with Crippen molar-refractivity contribution in [2.75, 3.05) is 0 Å². The van der Waals surface area contributed by atoms with Crippen molar-refractivity contribution in [2.45, 2.75) is 19.3 Å². The van der Waals surface area contributed by atoms with Crippen molar-refractivity contribution in [1.82, 2.24) is 4.57 Å². The Labute approximate surface area is 238 Å². The van der Waals surface area contributed by atoms with Crippen molar-refractivity contribution in [2.24, 2.45) is 0 Å². The van der Waals surface area contributed by atoms with Crippen LogP contribution >= 0.6 is 0 Å². The van der Waals surface area contributed by atoms with Gasteiger partial charge in [-0.1, -0.05) is 111 Å². The summed E-state index contributed by atoms with van der Waals surface area (Å²) in [7, 11) is 0. The summed E-state index contributed by atoms with van der Waals surface area (Å²) in [6, 6.07) is 46.2. The number of nitrogens with zero attached hydrogens (tertiary/aromatic N) is 1. The first-order chi connectivity index (χ1) is 20.1. The van der Waals surface area contributed by atoms with Crippen LogP contribution in [0.2, 0.25) is 0 Å². The standard InChI is InChI=1S/C39H27NO/c1-39(2)32-16-8-6-13-26(32)30-22-31-27-20-19-25(24-11-4-3-5-12-24)21-35(27)40(36(31)23-33(30)39)34-17-10-15-29-28-14-7-9-18-37(28)41-38(29)34/h3-23H,1-2H3. The van der Waals surface area contributed by atoms with Crippen LogP contribution < -0.4 is 0 Å². The van der Waals surface area contributed by atoms with Crippen LogP contribution in [-0.2, 0) is 5.41 Å². The SMILES string of the molecule is CC1(C)c2ccccc2-c2cc3c4ccc(-c5ccccc5)cc4n(-c4cccc5c4oc4ccccc45)c3cc21. The molecule has 9 rings (SSSR count). The van der Waals surface area contributed by atoms with Crippen molar-refractivity contribution in [1.29, 1.82) is 0 Å². The van der Waals surface area contributed by atoms with Gasteiger partial charge in [-0.05, 0) is 63.7 Å². The van der Waals surface area contributed by atoms with Gasteiger partial charge in [0.25, 0.3) is 0 Å². The van der Waals surface area contributed by atoms with E-state index in [1.807, 2.05) is 6.07 Å². The molecule has 0 fully saturated rings. The van der Waals surface area contributed by atoms with Gasteiger partial charge >= 0.3 is 0 Å². The molecule has 0 bridgehead atoms. The fourth-order valence-corrected chi connectivity index (χ4v) is 7.19. The molecule has 0 aliphatic heterocycles. The first kappa shape index (κ1) is 22.7. The van der Waals surface area contributed by atoms with Gasteiger partial charge in [-0.3, -0.25) is 0 Å². The van der Waals surface area contributed by atoms with Crippen LogP contribution in [0.25, 0.3) is 71.7 Å². The van der Waals surface area contributed by atoms with E-state index in [0.29, 0.717) is 0 Å². The van der Waals surface area contributed by atoms with E-state index in [0.717, 1.165) is 27.6 Å². The maximum atomic E-state index is 6.58. The Balaban J connectivity index is 1.44. The molecule has 0 atom stereocenters. The number of hydrogen-bond acceptors (Lipinski definition) is 1. The van der Waals surface area contributed by atoms with Crippen LogP contribution in [-0.4, -0.2) is 4.57 Å². The smallest absolute Gasteiger partial charge is 0.159 e. The Morgan fingerprint density at radius 2 is 1.27 bits per heavy atom. The zero-order valence-electron chi connectivity index (χ0n) is 23.0. The molecule has 0 unspecified atom stereocenters. The summed E-state index contributed by atoms with van der Waals surface area (Å²) in [6.45, 7) is 4.70. The molecule has 0 saturated carbocycles. The summed E-state index contributed by atoms with van der Waals surface area (Å²) in [4.78, 5) is 0. The molecule has 194 valence electrons. The van der Waals surface area contributed by atoms with Crippen LogP contribution in [0.15, 0.2) is 132 Å². The van der Waals surface area contributed by atoms with Crippen molar-refractivity contribution >= 4 is 43.7 Å². The average molecular weight is 526 g/mol. The van der Waals surface area contributed by atoms with Crippen LogP contribution in [0.4, 0.5) is 0 Å². The Hall–Kier alpha value is -5.08. The molecule has 1 aliphatic carbocycles. The molecule has 1 aliphatic rings. The summed E-state index contributed by atoms with van der Waals surface area (Å²) in [5, 5.41) is 4.80. The normalized spacial score (nSPS) is 13.8. The lowest BCUT2D eigenvalue weighted by molar-refractivity contribution is 0.660. The topological polar surface area (TPSA) is 18.1 Å². The molecule has 0 saturated heterocycles. The number of para-hydroxylation sites is 2. The lowest BCUT2D eigenvalue weighted by Crippen LogP contribution is -2.14. The minimum absolute atomic E-state index is 0.0814. The van der Waals surface area contributed by atoms with Gasteiger partial charge in [0.1, 0.15) is 5.58 Å². The highest BCUT2D eigenvalue weighted by molar-refractivity contribution is 6.14. The van der Waals surface area contributed by atoms with Gasteiger partial charge in [-0.25, -0.2) is 0 Å². The van der Waals surface area contributed by atoms with Gasteiger partial charge in [-0.15, -0.1) is 0 Å². The van der Waals surface area contributed by atoms with Gasteiger partial charge in [0, 0.05) is 27.0 Å². The second-order valence-electron chi connectivity index (χ2n) is 11.8. The Kier molecular flexibility index (Phi) is 4.42. The predicted octanol–water partition coefficient (Wildman–Crippen LogP) is 10.7. The van der Waals surface area contributed by atoms with E-state index < -0.39 is 0 Å². The number of hydrogen-bond donors (Lipinski definition) is 0. The number of aromatic nitrogens is 1. The number of fused-ring (bicyclic) bond motifs is 9. The minimum atomic E-state index is -0.0814. The van der Waals surface area contributed by atoms with Gasteiger partial charge in [-0.2, -0.15) is 0 Å². The molecule has 0 N–H and O–H groups in total. The second kappa shape index (κ2) is 7.99. The van der Waals surface area contributed by atoms with Crippen molar-refractivity contribution < 1.29 is 4.42 Å². The lowest BCUT2D eigenvalue weighted by Gasteiger charge is -2.21. The van der Waals surface area contributed by atoms with E-state index in [9.17, 15) is 0 Å². The Bertz CT molecular complexity index is 2330. The van der Waals surface area contributed by atoms with E-state index in [4.69, 9.17) is 4.42 Å². The highest BCUT2D eigenvalue weighted by Gasteiger charge is 2.36. The third kappa shape index (κ3) is 3.02.